The Hall–Kier alpha value is -3.60. The van der Waals surface area contributed by atoms with Crippen LogP contribution in [0.15, 0.2) is 42.6 Å². The van der Waals surface area contributed by atoms with Crippen LogP contribution in [0.3, 0.4) is 0 Å². The molecule has 270 valence electrons. The fourth-order valence-electron chi connectivity index (χ4n) is 3.83. The van der Waals surface area contributed by atoms with Gasteiger partial charge in [0.2, 0.25) is 0 Å². The van der Waals surface area contributed by atoms with Crippen molar-refractivity contribution in [2.75, 3.05) is 39.6 Å². The molecule has 1 amide bonds. The lowest BCUT2D eigenvalue weighted by atomic mass is 10.0. The van der Waals surface area contributed by atoms with Crippen LogP contribution in [0.1, 0.15) is 116 Å². The minimum atomic E-state index is -1.16. The van der Waals surface area contributed by atoms with Gasteiger partial charge in [0, 0.05) is 49.4 Å². The second-order valence-corrected chi connectivity index (χ2v) is 10.7. The van der Waals surface area contributed by atoms with Gasteiger partial charge in [-0.15, -0.1) is 0 Å². The van der Waals surface area contributed by atoms with E-state index in [2.05, 4.69) is 10.3 Å². The fourth-order valence-corrected chi connectivity index (χ4v) is 3.83. The molecule has 0 radical (unpaired) electrons. The highest BCUT2D eigenvalue weighted by molar-refractivity contribution is 5.95. The van der Waals surface area contributed by atoms with Crippen molar-refractivity contribution in [2.24, 2.45) is 5.92 Å². The van der Waals surface area contributed by atoms with Gasteiger partial charge in [0.05, 0.1) is 39.6 Å². The van der Waals surface area contributed by atoms with Gasteiger partial charge in [0.1, 0.15) is 28.6 Å². The number of hydrogen-bond acceptors (Lipinski definition) is 9. The Morgan fingerprint density at radius 3 is 1.48 bits per heavy atom. The maximum Gasteiger partial charge on any atom is 0.251 e. The van der Waals surface area contributed by atoms with Gasteiger partial charge in [-0.3, -0.25) is 29.0 Å². The van der Waals surface area contributed by atoms with Gasteiger partial charge in [-0.05, 0) is 37.6 Å². The molecule has 0 aliphatic rings. The number of nitrogens with zero attached hydrogens (tertiary/aromatic N) is 1. The topological polar surface area (TPSA) is 138 Å². The lowest BCUT2D eigenvalue weighted by Crippen LogP contribution is -2.58. The van der Waals surface area contributed by atoms with Gasteiger partial charge in [-0.1, -0.05) is 73.6 Å². The molecule has 48 heavy (non-hydrogen) atoms. The monoisotopic (exact) mass is 672 g/mol. The number of nitrogens with one attached hydrogen (secondary N) is 1. The summed E-state index contributed by atoms with van der Waals surface area (Å²) in [6, 6.07) is 10.3. The van der Waals surface area contributed by atoms with Crippen LogP contribution in [0.5, 0.6) is 0 Å². The summed E-state index contributed by atoms with van der Waals surface area (Å²) in [4.78, 5) is 64.1. The predicted octanol–water partition coefficient (Wildman–Crippen LogP) is 7.12. The Balaban J connectivity index is 0. The molecule has 1 heterocycles. The second kappa shape index (κ2) is 27.4. The van der Waals surface area contributed by atoms with E-state index in [1.54, 1.807) is 42.6 Å². The van der Waals surface area contributed by atoms with Crippen molar-refractivity contribution in [3.05, 3.63) is 53.9 Å². The van der Waals surface area contributed by atoms with Crippen molar-refractivity contribution in [3.8, 4) is 11.1 Å². The number of amides is 1. The molecule has 0 saturated heterocycles. The molecule has 2 rings (SSSR count). The summed E-state index contributed by atoms with van der Waals surface area (Å²) in [7, 11) is 0. The summed E-state index contributed by atoms with van der Waals surface area (Å²) < 4.78 is 17.4. The summed E-state index contributed by atoms with van der Waals surface area (Å²) in [5.74, 6) is -0.643. The van der Waals surface area contributed by atoms with Gasteiger partial charge in [-0.25, -0.2) is 0 Å². The van der Waals surface area contributed by atoms with E-state index in [1.807, 2.05) is 55.4 Å². The highest BCUT2D eigenvalue weighted by Gasteiger charge is 2.34. The molecule has 1 aromatic heterocycles. The maximum atomic E-state index is 13.4. The number of ether oxygens (including phenoxy) is 3. The minimum Gasteiger partial charge on any atom is -0.378 e. The highest BCUT2D eigenvalue weighted by Crippen LogP contribution is 2.20. The average Bonchev–Trinajstić information content (AvgIpc) is 3.09. The van der Waals surface area contributed by atoms with Gasteiger partial charge >= 0.3 is 0 Å². The molecular weight excluding hydrogens is 612 g/mol. The molecule has 0 fully saturated rings. The molecule has 1 N–H and O–H groups in total. The minimum absolute atomic E-state index is 0.0174. The van der Waals surface area contributed by atoms with E-state index in [-0.39, 0.29) is 88.0 Å². The summed E-state index contributed by atoms with van der Waals surface area (Å²) in [5.41, 5.74) is 1.20. The van der Waals surface area contributed by atoms with Gasteiger partial charge in [0.15, 0.2) is 5.78 Å². The van der Waals surface area contributed by atoms with E-state index in [9.17, 15) is 24.0 Å². The van der Waals surface area contributed by atoms with Crippen LogP contribution in [0.2, 0.25) is 0 Å². The Kier molecular flexibility index (Phi) is 26.5. The first-order valence-electron chi connectivity index (χ1n) is 17.1. The summed E-state index contributed by atoms with van der Waals surface area (Å²) in [5, 5.41) is 2.99. The molecule has 0 saturated carbocycles. The molecule has 10 nitrogen and oxygen atoms in total. The summed E-state index contributed by atoms with van der Waals surface area (Å²) in [6.07, 6.45) is 2.25. The number of carbonyl (C=O) groups is 5. The number of rotatable bonds is 20. The molecule has 0 spiro atoms. The van der Waals surface area contributed by atoms with Crippen molar-refractivity contribution in [1.82, 2.24) is 10.3 Å². The largest absolute Gasteiger partial charge is 0.378 e. The number of pyridine rings is 1. The molecule has 10 heteroatoms. The first-order valence-corrected chi connectivity index (χ1v) is 17.1. The zero-order chi connectivity index (χ0) is 37.1. The zero-order valence-electron chi connectivity index (χ0n) is 31.2. The van der Waals surface area contributed by atoms with Crippen LogP contribution in [-0.2, 0) is 28.6 Å². The van der Waals surface area contributed by atoms with Crippen LogP contribution in [0, 0.1) is 5.92 Å². The Bertz CT molecular complexity index is 1190. The number of aromatic nitrogens is 1. The van der Waals surface area contributed by atoms with Gasteiger partial charge in [0.25, 0.3) is 5.91 Å². The van der Waals surface area contributed by atoms with Crippen LogP contribution in [0.4, 0.5) is 0 Å². The molecule has 0 bridgehead atoms. The van der Waals surface area contributed by atoms with Crippen LogP contribution in [-0.4, -0.2) is 79.2 Å². The highest BCUT2D eigenvalue weighted by atomic mass is 16.5. The number of benzene rings is 1. The van der Waals surface area contributed by atoms with Crippen LogP contribution >= 0.6 is 0 Å². The smallest absolute Gasteiger partial charge is 0.251 e. The van der Waals surface area contributed by atoms with Crippen molar-refractivity contribution in [2.45, 2.75) is 101 Å². The van der Waals surface area contributed by atoms with Gasteiger partial charge < -0.3 is 19.5 Å². The summed E-state index contributed by atoms with van der Waals surface area (Å²) >= 11 is 0. The Morgan fingerprint density at radius 2 is 1.10 bits per heavy atom. The predicted molar refractivity (Wildman–Crippen MR) is 191 cm³/mol. The molecule has 2 aromatic rings. The van der Waals surface area contributed by atoms with Crippen LogP contribution in [0.25, 0.3) is 11.1 Å². The van der Waals surface area contributed by atoms with E-state index in [1.165, 1.54) is 20.8 Å². The first kappa shape index (κ1) is 46.5. The third-order valence-corrected chi connectivity index (χ3v) is 6.45. The van der Waals surface area contributed by atoms with E-state index < -0.39 is 11.4 Å². The number of hydrogen-bond donors (Lipinski definition) is 1. The van der Waals surface area contributed by atoms with E-state index in [4.69, 9.17) is 14.2 Å². The molecule has 0 atom stereocenters. The maximum absolute atomic E-state index is 13.4. The molecule has 1 aromatic carbocycles. The average molecular weight is 673 g/mol. The standard InChI is InChI=1S/C32H42N2O8.3C2H6/c1-22(2)30(38)14-17-42-21-32(19-40-15-12-23(3)35,20-41-16-13-24(4)36)34-31(39)27-8-6-26(7-9-27)28-10-11-29(25(5)37)33-18-28;3*1-2/h6-11,18,22H,12-17,19-21H2,1-5H3,(H,34,39);3*1-2H3. The molecule has 0 aliphatic carbocycles. The van der Waals surface area contributed by atoms with Crippen molar-refractivity contribution < 1.29 is 38.2 Å². The van der Waals surface area contributed by atoms with Crippen molar-refractivity contribution in [3.63, 3.8) is 0 Å². The van der Waals surface area contributed by atoms with Crippen molar-refractivity contribution in [1.29, 1.82) is 0 Å². The molecule has 0 unspecified atom stereocenters. The molecular formula is C38H60N2O8. The zero-order valence-corrected chi connectivity index (χ0v) is 31.2. The number of carbonyl (C=O) groups excluding carboxylic acids is 5. The number of Topliss-reactive ketones (excluding diaryl/α,β-unsaturated/α-hetero) is 4. The van der Waals surface area contributed by atoms with E-state index in [0.29, 0.717) is 11.3 Å². The fraction of sp³-hybridized carbons (Fsp3) is 0.579. The molecule has 0 aliphatic heterocycles. The Labute approximate surface area is 288 Å². The Morgan fingerprint density at radius 1 is 0.667 bits per heavy atom. The normalized spacial score (nSPS) is 10.3. The second-order valence-electron chi connectivity index (χ2n) is 10.7. The third-order valence-electron chi connectivity index (χ3n) is 6.45. The lowest BCUT2D eigenvalue weighted by molar-refractivity contribution is -0.123. The summed E-state index contributed by atoms with van der Waals surface area (Å²) in [6.45, 7) is 20.4. The third kappa shape index (κ3) is 19.3. The number of ketones is 4. The first-order chi connectivity index (χ1) is 22.9. The van der Waals surface area contributed by atoms with Crippen molar-refractivity contribution >= 4 is 29.0 Å². The lowest BCUT2D eigenvalue weighted by Gasteiger charge is -2.34. The van der Waals surface area contributed by atoms with E-state index >= 15 is 0 Å². The van der Waals surface area contributed by atoms with Gasteiger partial charge in [-0.2, -0.15) is 0 Å². The SMILES string of the molecule is CC.CC.CC.CC(=O)CCOCC(COCCC(C)=O)(COCCC(=O)C(C)C)NC(=O)c1ccc(-c2ccc(C(C)=O)nc2)cc1. The van der Waals surface area contributed by atoms with E-state index in [0.717, 1.165) is 11.1 Å². The quantitative estimate of drug-likeness (QED) is 0.115. The van der Waals surface area contributed by atoms with Crippen LogP contribution < -0.4 is 5.32 Å².